The van der Waals surface area contributed by atoms with Crippen molar-refractivity contribution in [2.24, 2.45) is 0 Å². The van der Waals surface area contributed by atoms with Gasteiger partial charge in [-0.15, -0.1) is 0 Å². The van der Waals surface area contributed by atoms with E-state index in [0.717, 1.165) is 10.9 Å². The average molecular weight is 497 g/mol. The third-order valence-electron chi connectivity index (χ3n) is 6.73. The molecule has 0 radical (unpaired) electrons. The number of fused-ring (bicyclic) bond motifs is 1. The first-order valence-corrected chi connectivity index (χ1v) is 11.5. The molecule has 1 saturated heterocycles. The maximum absolute atomic E-state index is 15.1. The van der Waals surface area contributed by atoms with Gasteiger partial charge in [0.25, 0.3) is 11.8 Å². The Bertz CT molecular complexity index is 1260. The van der Waals surface area contributed by atoms with Crippen molar-refractivity contribution in [3.05, 3.63) is 63.7 Å². The molecule has 1 fully saturated rings. The molecule has 0 aliphatic carbocycles. The monoisotopic (exact) mass is 497 g/mol. The molecule has 1 N–H and O–H groups in total. The van der Waals surface area contributed by atoms with Crippen molar-refractivity contribution in [1.29, 1.82) is 0 Å². The van der Waals surface area contributed by atoms with Gasteiger partial charge in [-0.3, -0.25) is 24.5 Å². The summed E-state index contributed by atoms with van der Waals surface area (Å²) in [5.41, 5.74) is 1.40. The van der Waals surface area contributed by atoms with E-state index in [1.54, 1.807) is 26.0 Å². The Hall–Kier alpha value is -3.14. The molecule has 4 rings (SSSR count). The summed E-state index contributed by atoms with van der Waals surface area (Å²) >= 11 is 5.87. The molecule has 2 aromatic rings. The van der Waals surface area contributed by atoms with Gasteiger partial charge in [-0.1, -0.05) is 35.3 Å². The first-order valence-electron chi connectivity index (χ1n) is 11.1. The highest BCUT2D eigenvalue weighted by Gasteiger charge is 2.45. The summed E-state index contributed by atoms with van der Waals surface area (Å²) in [6.07, 6.45) is 0.386. The van der Waals surface area contributed by atoms with Crippen molar-refractivity contribution < 1.29 is 28.0 Å². The maximum atomic E-state index is 15.1. The van der Waals surface area contributed by atoms with Crippen molar-refractivity contribution in [3.8, 4) is 0 Å². The number of alkyl halides is 2. The van der Waals surface area contributed by atoms with Gasteiger partial charge in [0.2, 0.25) is 19.8 Å². The topological polar surface area (TPSA) is 86.8 Å². The van der Waals surface area contributed by atoms with Crippen LogP contribution in [-0.4, -0.2) is 63.1 Å². The van der Waals surface area contributed by atoms with Crippen LogP contribution in [0.2, 0.25) is 5.02 Å². The Labute approximate surface area is 208 Å². The number of nitrogens with zero attached hydrogens (tertiary/aromatic N) is 2. The third kappa shape index (κ3) is 4.47. The summed E-state index contributed by atoms with van der Waals surface area (Å²) in [6.45, 7) is 0.152. The number of halogens is 3. The normalized spacial score (nSPS) is 18.8. The lowest BCUT2D eigenvalue weighted by molar-refractivity contribution is -0.154. The molecule has 0 bridgehead atoms. The van der Waals surface area contributed by atoms with Crippen LogP contribution in [0, 0.1) is 0 Å². The standard InChI is InChI=1S/C22H21B3ClF2N3O4/c23-15-8-12(26)2-4-14(15)22(27,28)21(35)31(25)18(24)10-1-3-13-11(7-10)9-30(20(13)34)16-5-6-17(32)29-19(16)33/h1-4,7-8,16,18H,5-6,9,23-25H2,(H,29,32,33). The van der Waals surface area contributed by atoms with E-state index < -0.39 is 35.3 Å². The summed E-state index contributed by atoms with van der Waals surface area (Å²) in [5.74, 6) is -7.05. The van der Waals surface area contributed by atoms with Crippen LogP contribution >= 0.6 is 11.6 Å². The fraction of sp³-hybridized carbons (Fsp3) is 0.273. The number of piperidine rings is 1. The number of amides is 4. The predicted octanol–water partition coefficient (Wildman–Crippen LogP) is -0.840. The van der Waals surface area contributed by atoms with E-state index in [1.807, 2.05) is 0 Å². The molecule has 2 unspecified atom stereocenters. The summed E-state index contributed by atoms with van der Waals surface area (Å²) in [5, 5.41) is 2.55. The molecule has 2 aliphatic heterocycles. The lowest BCUT2D eigenvalue weighted by atomic mass is 9.82. The summed E-state index contributed by atoms with van der Waals surface area (Å²) in [6, 6.07) is 7.99. The molecular formula is C22H21B3ClF2N3O4. The number of imide groups is 1. The fourth-order valence-electron chi connectivity index (χ4n) is 4.57. The molecule has 2 atom stereocenters. The summed E-state index contributed by atoms with van der Waals surface area (Å²) in [7, 11) is 4.40. The van der Waals surface area contributed by atoms with Crippen molar-refractivity contribution in [2.45, 2.75) is 37.3 Å². The molecule has 178 valence electrons. The first-order chi connectivity index (χ1) is 16.4. The highest BCUT2D eigenvalue weighted by molar-refractivity contribution is 6.37. The van der Waals surface area contributed by atoms with Crippen LogP contribution in [0.25, 0.3) is 0 Å². The van der Waals surface area contributed by atoms with Crippen LogP contribution in [0.4, 0.5) is 8.78 Å². The first kappa shape index (κ1) is 25.0. The van der Waals surface area contributed by atoms with Gasteiger partial charge in [-0.2, -0.15) is 8.78 Å². The fourth-order valence-corrected chi connectivity index (χ4v) is 4.80. The zero-order valence-corrected chi connectivity index (χ0v) is 20.2. The van der Waals surface area contributed by atoms with Crippen LogP contribution < -0.4 is 10.8 Å². The third-order valence-corrected chi connectivity index (χ3v) is 6.96. The molecule has 2 aromatic carbocycles. The van der Waals surface area contributed by atoms with Crippen LogP contribution in [-0.2, 0) is 26.9 Å². The van der Waals surface area contributed by atoms with Crippen molar-refractivity contribution >= 4 is 64.4 Å². The lowest BCUT2D eigenvalue weighted by Crippen LogP contribution is -2.52. The predicted molar refractivity (Wildman–Crippen MR) is 133 cm³/mol. The molecule has 0 saturated carbocycles. The van der Waals surface area contributed by atoms with E-state index in [1.165, 1.54) is 32.9 Å². The van der Waals surface area contributed by atoms with E-state index in [0.29, 0.717) is 21.7 Å². The SMILES string of the molecule is Bc1cc(Cl)ccc1C(F)(F)C(=O)N(B)C(B)c1ccc2c(c1)CN(C1CCC(=O)NC1=O)C2=O. The minimum absolute atomic E-state index is 0.146. The number of nitrogens with one attached hydrogen (secondary N) is 1. The molecule has 7 nitrogen and oxygen atoms in total. The van der Waals surface area contributed by atoms with Crippen LogP contribution in [0.3, 0.4) is 0 Å². The van der Waals surface area contributed by atoms with Gasteiger partial charge in [0.05, 0.1) is 0 Å². The minimum atomic E-state index is -3.76. The highest BCUT2D eigenvalue weighted by atomic mass is 35.5. The van der Waals surface area contributed by atoms with Gasteiger partial charge in [0.15, 0.2) is 0 Å². The molecule has 0 aromatic heterocycles. The average Bonchev–Trinajstić information content (AvgIpc) is 3.12. The lowest BCUT2D eigenvalue weighted by Gasteiger charge is -2.31. The van der Waals surface area contributed by atoms with Gasteiger partial charge in [0.1, 0.15) is 21.7 Å². The molecule has 2 aliphatic rings. The molecule has 0 spiro atoms. The van der Waals surface area contributed by atoms with Gasteiger partial charge in [-0.25, -0.2) is 0 Å². The Morgan fingerprint density at radius 3 is 2.57 bits per heavy atom. The number of hydrogen-bond donors (Lipinski definition) is 1. The van der Waals surface area contributed by atoms with E-state index in [9.17, 15) is 19.2 Å². The number of hydrogen-bond acceptors (Lipinski definition) is 4. The zero-order chi connectivity index (χ0) is 25.7. The summed E-state index contributed by atoms with van der Waals surface area (Å²) in [4.78, 5) is 51.8. The Morgan fingerprint density at radius 2 is 1.91 bits per heavy atom. The van der Waals surface area contributed by atoms with Crippen LogP contribution in [0.15, 0.2) is 36.4 Å². The Balaban J connectivity index is 1.54. The Morgan fingerprint density at radius 1 is 1.20 bits per heavy atom. The second-order valence-corrected chi connectivity index (χ2v) is 9.38. The van der Waals surface area contributed by atoms with E-state index >= 15 is 8.78 Å². The van der Waals surface area contributed by atoms with Gasteiger partial charge in [0, 0.05) is 35.1 Å². The molecule has 2 heterocycles. The van der Waals surface area contributed by atoms with Gasteiger partial charge >= 0.3 is 5.92 Å². The zero-order valence-electron chi connectivity index (χ0n) is 19.4. The second-order valence-electron chi connectivity index (χ2n) is 8.94. The molecule has 13 heteroatoms. The number of rotatable bonds is 5. The van der Waals surface area contributed by atoms with Crippen molar-refractivity contribution in [3.63, 3.8) is 0 Å². The number of carbonyl (C=O) groups excluding carboxylic acids is 4. The number of carbonyl (C=O) groups is 4. The minimum Gasteiger partial charge on any atom is -0.389 e. The van der Waals surface area contributed by atoms with Crippen molar-refractivity contribution in [1.82, 2.24) is 15.0 Å². The van der Waals surface area contributed by atoms with E-state index in [-0.39, 0.29) is 36.7 Å². The van der Waals surface area contributed by atoms with Crippen molar-refractivity contribution in [2.75, 3.05) is 0 Å². The van der Waals surface area contributed by atoms with Crippen LogP contribution in [0.5, 0.6) is 0 Å². The summed E-state index contributed by atoms with van der Waals surface area (Å²) < 4.78 is 30.2. The molecule has 4 amide bonds. The Kier molecular flexibility index (Phi) is 6.53. The second kappa shape index (κ2) is 9.15. The smallest absolute Gasteiger partial charge is 0.348 e. The quantitative estimate of drug-likeness (QED) is 0.432. The van der Waals surface area contributed by atoms with Gasteiger partial charge in [-0.05, 0) is 35.7 Å². The van der Waals surface area contributed by atoms with E-state index in [2.05, 4.69) is 5.32 Å². The van der Waals surface area contributed by atoms with E-state index in [4.69, 9.17) is 11.6 Å². The largest absolute Gasteiger partial charge is 0.389 e. The van der Waals surface area contributed by atoms with Gasteiger partial charge < -0.3 is 9.71 Å². The highest BCUT2D eigenvalue weighted by Crippen LogP contribution is 2.34. The molecule has 35 heavy (non-hydrogen) atoms. The number of benzene rings is 2. The van der Waals surface area contributed by atoms with Crippen LogP contribution in [0.1, 0.15) is 45.8 Å². The molecular weight excluding hydrogens is 476 g/mol. The maximum Gasteiger partial charge on any atom is 0.348 e.